The Morgan fingerprint density at radius 3 is 2.27 bits per heavy atom. The molecule has 0 bridgehead atoms. The second-order valence-corrected chi connectivity index (χ2v) is 9.77. The van der Waals surface area contributed by atoms with Crippen molar-refractivity contribution in [1.82, 2.24) is 5.32 Å². The van der Waals surface area contributed by atoms with Crippen molar-refractivity contribution in [3.63, 3.8) is 0 Å². The number of carbonyl (C=O) groups is 3. The van der Waals surface area contributed by atoms with Crippen LogP contribution in [0.15, 0.2) is 75.2 Å². The zero-order chi connectivity index (χ0) is 26.5. The Balaban J connectivity index is 1.69. The van der Waals surface area contributed by atoms with E-state index >= 15 is 0 Å². The number of benzene rings is 3. The summed E-state index contributed by atoms with van der Waals surface area (Å²) in [6.07, 6.45) is 2.06. The number of imide groups is 2. The van der Waals surface area contributed by atoms with Gasteiger partial charge in [-0.1, -0.05) is 50.1 Å². The Bertz CT molecular complexity index is 1390. The van der Waals surface area contributed by atoms with Crippen LogP contribution >= 0.6 is 31.9 Å². The normalized spacial score (nSPS) is 14.6. The smallest absolute Gasteiger partial charge is 0.335 e. The molecule has 3 aromatic carbocycles. The van der Waals surface area contributed by atoms with Gasteiger partial charge in [-0.3, -0.25) is 14.9 Å². The van der Waals surface area contributed by atoms with Crippen molar-refractivity contribution < 1.29 is 23.9 Å². The number of anilines is 1. The number of nitrogens with one attached hydrogen (secondary N) is 1. The third-order valence-corrected chi connectivity index (χ3v) is 7.10. The van der Waals surface area contributed by atoms with Crippen LogP contribution in [0.4, 0.5) is 10.5 Å². The molecule has 37 heavy (non-hydrogen) atoms. The first-order valence-corrected chi connectivity index (χ1v) is 13.2. The second-order valence-electron chi connectivity index (χ2n) is 8.07. The monoisotopic (exact) mass is 626 g/mol. The standard InChI is InChI=1S/C28H24Br2N2O5/c1-3-36-20-11-9-19(10-12-20)32-27(34)22(26(33)31-28(32)35)13-17-14-24(30)21(25(15-17)37-4-2)16-18-7-5-6-8-23(18)29/h5-15H,3-4,16H2,1-2H3,(H,31,33,35)/b22-13+. The van der Waals surface area contributed by atoms with Gasteiger partial charge in [0.2, 0.25) is 0 Å². The first-order chi connectivity index (χ1) is 17.8. The van der Waals surface area contributed by atoms with E-state index in [4.69, 9.17) is 9.47 Å². The van der Waals surface area contributed by atoms with Crippen LogP contribution in [-0.4, -0.2) is 31.1 Å². The molecule has 0 aliphatic carbocycles. The van der Waals surface area contributed by atoms with Crippen LogP contribution < -0.4 is 19.7 Å². The van der Waals surface area contributed by atoms with Gasteiger partial charge in [0.1, 0.15) is 17.1 Å². The molecule has 1 fully saturated rings. The highest BCUT2D eigenvalue weighted by atomic mass is 79.9. The quantitative estimate of drug-likeness (QED) is 0.235. The number of hydrogen-bond donors (Lipinski definition) is 1. The minimum Gasteiger partial charge on any atom is -0.494 e. The van der Waals surface area contributed by atoms with E-state index in [1.54, 1.807) is 30.3 Å². The summed E-state index contributed by atoms with van der Waals surface area (Å²) in [4.78, 5) is 39.4. The molecule has 0 unspecified atom stereocenters. The van der Waals surface area contributed by atoms with E-state index in [0.29, 0.717) is 42.4 Å². The SMILES string of the molecule is CCOc1ccc(N2C(=O)NC(=O)/C(=C\c3cc(Br)c(Cc4ccccc4Br)c(OCC)c3)C2=O)cc1. The Morgan fingerprint density at radius 2 is 1.59 bits per heavy atom. The minimum atomic E-state index is -0.809. The van der Waals surface area contributed by atoms with Crippen molar-refractivity contribution in [2.45, 2.75) is 20.3 Å². The highest BCUT2D eigenvalue weighted by Gasteiger charge is 2.37. The largest absolute Gasteiger partial charge is 0.494 e. The number of amides is 4. The maximum absolute atomic E-state index is 13.3. The molecule has 1 aliphatic heterocycles. The molecular weight excluding hydrogens is 604 g/mol. The summed E-state index contributed by atoms with van der Waals surface area (Å²) in [6.45, 7) is 4.68. The molecule has 9 heteroatoms. The fourth-order valence-corrected chi connectivity index (χ4v) is 4.94. The number of urea groups is 1. The lowest BCUT2D eigenvalue weighted by Crippen LogP contribution is -2.54. The van der Waals surface area contributed by atoms with Crippen molar-refractivity contribution in [2.75, 3.05) is 18.1 Å². The molecule has 7 nitrogen and oxygen atoms in total. The topological polar surface area (TPSA) is 84.9 Å². The Morgan fingerprint density at radius 1 is 0.892 bits per heavy atom. The summed E-state index contributed by atoms with van der Waals surface area (Å²) in [5.74, 6) is -0.241. The molecule has 1 N–H and O–H groups in total. The fourth-order valence-electron chi connectivity index (χ4n) is 3.92. The molecule has 1 heterocycles. The van der Waals surface area contributed by atoms with Gasteiger partial charge < -0.3 is 9.47 Å². The van der Waals surface area contributed by atoms with E-state index in [9.17, 15) is 14.4 Å². The summed E-state index contributed by atoms with van der Waals surface area (Å²) < 4.78 is 13.1. The van der Waals surface area contributed by atoms with Crippen molar-refractivity contribution in [2.24, 2.45) is 0 Å². The predicted octanol–water partition coefficient (Wildman–Crippen LogP) is 6.27. The molecule has 4 amide bonds. The average molecular weight is 628 g/mol. The number of carbonyl (C=O) groups excluding carboxylic acids is 3. The average Bonchev–Trinajstić information content (AvgIpc) is 2.86. The van der Waals surface area contributed by atoms with Crippen molar-refractivity contribution in [3.8, 4) is 11.5 Å². The van der Waals surface area contributed by atoms with Gasteiger partial charge in [-0.2, -0.15) is 0 Å². The number of hydrogen-bond acceptors (Lipinski definition) is 5. The molecule has 4 rings (SSSR count). The predicted molar refractivity (Wildman–Crippen MR) is 149 cm³/mol. The highest BCUT2D eigenvalue weighted by molar-refractivity contribution is 9.10. The first kappa shape index (κ1) is 26.6. The van der Waals surface area contributed by atoms with Gasteiger partial charge in [-0.15, -0.1) is 0 Å². The molecule has 0 spiro atoms. The summed E-state index contributed by atoms with van der Waals surface area (Å²) >= 11 is 7.23. The number of ether oxygens (including phenoxy) is 2. The van der Waals surface area contributed by atoms with E-state index in [0.717, 1.165) is 25.0 Å². The third-order valence-electron chi connectivity index (χ3n) is 5.62. The van der Waals surface area contributed by atoms with Gasteiger partial charge in [0.25, 0.3) is 11.8 Å². The van der Waals surface area contributed by atoms with Gasteiger partial charge in [0, 0.05) is 20.9 Å². The maximum atomic E-state index is 13.3. The Hall–Kier alpha value is -3.43. The lowest BCUT2D eigenvalue weighted by Gasteiger charge is -2.26. The number of halogens is 2. The van der Waals surface area contributed by atoms with E-state index in [-0.39, 0.29) is 5.57 Å². The van der Waals surface area contributed by atoms with Crippen LogP contribution in [0.25, 0.3) is 6.08 Å². The molecule has 3 aromatic rings. The van der Waals surface area contributed by atoms with Gasteiger partial charge in [0.15, 0.2) is 0 Å². The van der Waals surface area contributed by atoms with Crippen LogP contribution in [0.5, 0.6) is 11.5 Å². The highest BCUT2D eigenvalue weighted by Crippen LogP contribution is 2.34. The van der Waals surface area contributed by atoms with Gasteiger partial charge in [-0.05, 0) is 73.5 Å². The summed E-state index contributed by atoms with van der Waals surface area (Å²) in [6, 6.07) is 17.2. The zero-order valence-electron chi connectivity index (χ0n) is 20.2. The number of rotatable bonds is 8. The lowest BCUT2D eigenvalue weighted by atomic mass is 10.0. The first-order valence-electron chi connectivity index (χ1n) is 11.6. The molecule has 190 valence electrons. The number of nitrogens with zero attached hydrogens (tertiary/aromatic N) is 1. The second kappa shape index (κ2) is 11.7. The van der Waals surface area contributed by atoms with Crippen LogP contribution in [0.1, 0.15) is 30.5 Å². The van der Waals surface area contributed by atoms with Gasteiger partial charge in [0.05, 0.1) is 18.9 Å². The molecule has 1 saturated heterocycles. The van der Waals surface area contributed by atoms with E-state index < -0.39 is 17.8 Å². The van der Waals surface area contributed by atoms with Gasteiger partial charge >= 0.3 is 6.03 Å². The van der Waals surface area contributed by atoms with E-state index in [1.165, 1.54) is 6.08 Å². The molecule has 0 saturated carbocycles. The molecule has 0 atom stereocenters. The van der Waals surface area contributed by atoms with Crippen molar-refractivity contribution >= 4 is 61.5 Å². The molecule has 1 aliphatic rings. The van der Waals surface area contributed by atoms with E-state index in [1.807, 2.05) is 44.2 Å². The van der Waals surface area contributed by atoms with Crippen LogP contribution in [0, 0.1) is 0 Å². The summed E-state index contributed by atoms with van der Waals surface area (Å²) in [5.41, 5.74) is 2.75. The van der Waals surface area contributed by atoms with Crippen molar-refractivity contribution in [3.05, 3.63) is 91.9 Å². The molecule has 0 radical (unpaired) electrons. The molecular formula is C28H24Br2N2O5. The van der Waals surface area contributed by atoms with Crippen LogP contribution in [0.2, 0.25) is 0 Å². The number of barbiturate groups is 1. The summed E-state index contributed by atoms with van der Waals surface area (Å²) in [7, 11) is 0. The van der Waals surface area contributed by atoms with E-state index in [2.05, 4.69) is 37.2 Å². The zero-order valence-corrected chi connectivity index (χ0v) is 23.4. The van der Waals surface area contributed by atoms with Gasteiger partial charge in [-0.25, -0.2) is 9.69 Å². The van der Waals surface area contributed by atoms with Crippen LogP contribution in [0.3, 0.4) is 0 Å². The fraction of sp³-hybridized carbons (Fsp3) is 0.179. The summed E-state index contributed by atoms with van der Waals surface area (Å²) in [5, 5.41) is 2.25. The lowest BCUT2D eigenvalue weighted by molar-refractivity contribution is -0.122. The van der Waals surface area contributed by atoms with Crippen molar-refractivity contribution in [1.29, 1.82) is 0 Å². The Labute approximate surface area is 231 Å². The third kappa shape index (κ3) is 5.94. The van der Waals surface area contributed by atoms with Crippen LogP contribution in [-0.2, 0) is 16.0 Å². The maximum Gasteiger partial charge on any atom is 0.335 e. The minimum absolute atomic E-state index is 0.165. The molecule has 0 aromatic heterocycles. The Kier molecular flexibility index (Phi) is 8.45.